The minimum atomic E-state index is 0.714. The highest BCUT2D eigenvalue weighted by molar-refractivity contribution is 5.71. The maximum absolute atomic E-state index is 4.46. The Hall–Kier alpha value is -3.20. The first-order valence-corrected chi connectivity index (χ1v) is 7.52. The summed E-state index contributed by atoms with van der Waals surface area (Å²) in [5, 5.41) is 0. The first-order chi connectivity index (χ1) is 11.4. The molecule has 4 rings (SSSR count). The van der Waals surface area contributed by atoms with Crippen LogP contribution in [0.15, 0.2) is 79.3 Å². The van der Waals surface area contributed by atoms with E-state index in [9.17, 15) is 0 Å². The Morgan fingerprint density at radius 1 is 0.783 bits per heavy atom. The second-order valence-corrected chi connectivity index (χ2v) is 5.31. The van der Waals surface area contributed by atoms with E-state index in [0.29, 0.717) is 5.78 Å². The molecule has 3 nitrogen and oxygen atoms in total. The van der Waals surface area contributed by atoms with Crippen molar-refractivity contribution in [2.24, 2.45) is 0 Å². The molecule has 23 heavy (non-hydrogen) atoms. The van der Waals surface area contributed by atoms with Crippen molar-refractivity contribution in [2.75, 3.05) is 0 Å². The summed E-state index contributed by atoms with van der Waals surface area (Å²) in [5.41, 5.74) is 4.50. The lowest BCUT2D eigenvalue weighted by atomic mass is 10.0. The van der Waals surface area contributed by atoms with Crippen LogP contribution in [0.4, 0.5) is 0 Å². The predicted molar refractivity (Wildman–Crippen MR) is 93.8 cm³/mol. The quantitative estimate of drug-likeness (QED) is 0.554. The summed E-state index contributed by atoms with van der Waals surface area (Å²) in [5.74, 6) is 0.714. The van der Waals surface area contributed by atoms with E-state index in [-0.39, 0.29) is 0 Å². The number of hydrogen-bond acceptors (Lipinski definition) is 2. The van der Waals surface area contributed by atoms with Crippen molar-refractivity contribution < 1.29 is 0 Å². The number of benzene rings is 2. The van der Waals surface area contributed by atoms with Crippen LogP contribution in [0.5, 0.6) is 0 Å². The van der Waals surface area contributed by atoms with Gasteiger partial charge in [0.1, 0.15) is 0 Å². The van der Waals surface area contributed by atoms with Crippen molar-refractivity contribution >= 4 is 17.9 Å². The molecule has 0 fully saturated rings. The van der Waals surface area contributed by atoms with Crippen LogP contribution in [-0.4, -0.2) is 14.4 Å². The molecule has 0 atom stereocenters. The van der Waals surface area contributed by atoms with Crippen LogP contribution in [-0.2, 0) is 0 Å². The van der Waals surface area contributed by atoms with Gasteiger partial charge in [-0.3, -0.25) is 4.40 Å². The standard InChI is InChI=1S/C20H15N3/c1-2-5-17(6-3-1)18-10-7-16(8-11-18)9-12-19-15-23-14-4-13-21-20(23)22-19/h1-15H/b12-9+. The molecular formula is C20H15N3. The zero-order chi connectivity index (χ0) is 15.5. The number of fused-ring (bicyclic) bond motifs is 1. The van der Waals surface area contributed by atoms with Gasteiger partial charge in [0, 0.05) is 18.6 Å². The maximum atomic E-state index is 4.46. The molecule has 110 valence electrons. The van der Waals surface area contributed by atoms with Gasteiger partial charge in [0.05, 0.1) is 5.69 Å². The highest BCUT2D eigenvalue weighted by Crippen LogP contribution is 2.20. The van der Waals surface area contributed by atoms with Gasteiger partial charge in [-0.25, -0.2) is 9.97 Å². The first kappa shape index (κ1) is 13.5. The Balaban J connectivity index is 1.56. The minimum absolute atomic E-state index is 0.714. The van der Waals surface area contributed by atoms with Crippen LogP contribution >= 0.6 is 0 Å². The number of nitrogens with zero attached hydrogens (tertiary/aromatic N) is 3. The van der Waals surface area contributed by atoms with Crippen molar-refractivity contribution in [3.05, 3.63) is 90.5 Å². The topological polar surface area (TPSA) is 30.2 Å². The molecule has 0 saturated carbocycles. The van der Waals surface area contributed by atoms with E-state index in [4.69, 9.17) is 0 Å². The third-order valence-electron chi connectivity index (χ3n) is 3.72. The Labute approximate surface area is 134 Å². The number of imidazole rings is 1. The van der Waals surface area contributed by atoms with E-state index < -0.39 is 0 Å². The summed E-state index contributed by atoms with van der Waals surface area (Å²) >= 11 is 0. The average Bonchev–Trinajstić information content (AvgIpc) is 3.04. The summed E-state index contributed by atoms with van der Waals surface area (Å²) in [6.45, 7) is 0. The van der Waals surface area contributed by atoms with Crippen LogP contribution in [0.25, 0.3) is 29.1 Å². The fraction of sp³-hybridized carbons (Fsp3) is 0. The third-order valence-corrected chi connectivity index (χ3v) is 3.72. The number of hydrogen-bond donors (Lipinski definition) is 0. The van der Waals surface area contributed by atoms with E-state index in [1.807, 2.05) is 35.0 Å². The fourth-order valence-corrected chi connectivity index (χ4v) is 2.53. The lowest BCUT2D eigenvalue weighted by molar-refractivity contribution is 1.11. The molecule has 0 unspecified atom stereocenters. The van der Waals surface area contributed by atoms with Crippen molar-refractivity contribution in [3.8, 4) is 11.1 Å². The molecule has 2 aromatic carbocycles. The number of rotatable bonds is 3. The highest BCUT2D eigenvalue weighted by atomic mass is 15.1. The molecule has 0 amide bonds. The van der Waals surface area contributed by atoms with Gasteiger partial charge in [0.25, 0.3) is 0 Å². The maximum Gasteiger partial charge on any atom is 0.234 e. The molecule has 0 saturated heterocycles. The van der Waals surface area contributed by atoms with Crippen molar-refractivity contribution in [1.82, 2.24) is 14.4 Å². The second-order valence-electron chi connectivity index (χ2n) is 5.31. The second kappa shape index (κ2) is 5.89. The normalized spacial score (nSPS) is 11.3. The molecule has 0 radical (unpaired) electrons. The molecule has 0 aliphatic rings. The molecule has 2 aromatic heterocycles. The Kier molecular flexibility index (Phi) is 3.45. The molecular weight excluding hydrogens is 282 g/mol. The molecule has 0 spiro atoms. The van der Waals surface area contributed by atoms with Crippen LogP contribution in [0.2, 0.25) is 0 Å². The third kappa shape index (κ3) is 2.90. The van der Waals surface area contributed by atoms with Crippen molar-refractivity contribution in [2.45, 2.75) is 0 Å². The molecule has 0 N–H and O–H groups in total. The fourth-order valence-electron chi connectivity index (χ4n) is 2.53. The summed E-state index contributed by atoms with van der Waals surface area (Å²) in [7, 11) is 0. The monoisotopic (exact) mass is 297 g/mol. The summed E-state index contributed by atoms with van der Waals surface area (Å²) < 4.78 is 1.91. The van der Waals surface area contributed by atoms with Gasteiger partial charge in [0.15, 0.2) is 0 Å². The Bertz CT molecular complexity index is 918. The van der Waals surface area contributed by atoms with E-state index in [1.54, 1.807) is 6.20 Å². The lowest BCUT2D eigenvalue weighted by Crippen LogP contribution is -1.82. The van der Waals surface area contributed by atoms with E-state index in [1.165, 1.54) is 11.1 Å². The largest absolute Gasteiger partial charge is 0.291 e. The van der Waals surface area contributed by atoms with Crippen LogP contribution in [0.1, 0.15) is 11.3 Å². The average molecular weight is 297 g/mol. The van der Waals surface area contributed by atoms with E-state index in [0.717, 1.165) is 11.3 Å². The van der Waals surface area contributed by atoms with E-state index >= 15 is 0 Å². The summed E-state index contributed by atoms with van der Waals surface area (Å²) in [6.07, 6.45) is 9.74. The molecule has 0 aliphatic carbocycles. The molecule has 2 heterocycles. The zero-order valence-corrected chi connectivity index (χ0v) is 12.5. The first-order valence-electron chi connectivity index (χ1n) is 7.52. The lowest BCUT2D eigenvalue weighted by Gasteiger charge is -2.01. The molecule has 0 aliphatic heterocycles. The molecule has 3 heteroatoms. The van der Waals surface area contributed by atoms with Crippen LogP contribution < -0.4 is 0 Å². The van der Waals surface area contributed by atoms with Gasteiger partial charge in [0.2, 0.25) is 5.78 Å². The summed E-state index contributed by atoms with van der Waals surface area (Å²) in [6, 6.07) is 20.8. The zero-order valence-electron chi connectivity index (χ0n) is 12.5. The van der Waals surface area contributed by atoms with Crippen molar-refractivity contribution in [3.63, 3.8) is 0 Å². The smallest absolute Gasteiger partial charge is 0.234 e. The van der Waals surface area contributed by atoms with Crippen LogP contribution in [0, 0.1) is 0 Å². The van der Waals surface area contributed by atoms with Gasteiger partial charge in [-0.05, 0) is 28.8 Å². The highest BCUT2D eigenvalue weighted by Gasteiger charge is 1.99. The van der Waals surface area contributed by atoms with Crippen molar-refractivity contribution in [1.29, 1.82) is 0 Å². The van der Waals surface area contributed by atoms with Gasteiger partial charge < -0.3 is 0 Å². The molecule has 4 aromatic rings. The number of aromatic nitrogens is 3. The van der Waals surface area contributed by atoms with Gasteiger partial charge in [-0.2, -0.15) is 0 Å². The predicted octanol–water partition coefficient (Wildman–Crippen LogP) is 4.57. The SMILES string of the molecule is C(=C\c1cn2cccnc2n1)/c1ccc(-c2ccccc2)cc1. The molecule has 0 bridgehead atoms. The Morgan fingerprint density at radius 3 is 2.35 bits per heavy atom. The van der Waals surface area contributed by atoms with Gasteiger partial charge in [-0.15, -0.1) is 0 Å². The van der Waals surface area contributed by atoms with Crippen LogP contribution in [0.3, 0.4) is 0 Å². The summed E-state index contributed by atoms with van der Waals surface area (Å²) in [4.78, 5) is 8.68. The van der Waals surface area contributed by atoms with Gasteiger partial charge >= 0.3 is 0 Å². The van der Waals surface area contributed by atoms with E-state index in [2.05, 4.69) is 64.6 Å². The minimum Gasteiger partial charge on any atom is -0.291 e. The Morgan fingerprint density at radius 2 is 1.57 bits per heavy atom. The van der Waals surface area contributed by atoms with Gasteiger partial charge in [-0.1, -0.05) is 60.7 Å².